The van der Waals surface area contributed by atoms with E-state index in [1.807, 2.05) is 19.2 Å². The molecule has 1 fully saturated rings. The van der Waals surface area contributed by atoms with E-state index >= 15 is 0 Å². The summed E-state index contributed by atoms with van der Waals surface area (Å²) in [6, 6.07) is 8.50. The second-order valence-electron chi connectivity index (χ2n) is 5.99. The molecule has 3 rings (SSSR count). The number of ether oxygens (including phenoxy) is 2. The number of para-hydroxylation sites is 1. The Kier molecular flexibility index (Phi) is 4.58. The number of likely N-dealkylation sites (N-methyl/N-ethyl adjacent to an activating group) is 1. The van der Waals surface area contributed by atoms with E-state index in [9.17, 15) is 0 Å². The van der Waals surface area contributed by atoms with Gasteiger partial charge in [-0.3, -0.25) is 0 Å². The Hall–Kier alpha value is -1.06. The van der Waals surface area contributed by atoms with E-state index in [0.29, 0.717) is 6.61 Å². The molecule has 0 amide bonds. The van der Waals surface area contributed by atoms with Gasteiger partial charge in [0.15, 0.2) is 0 Å². The molecular formula is C17H25NO2. The summed E-state index contributed by atoms with van der Waals surface area (Å²) < 4.78 is 12.0. The molecule has 1 aliphatic heterocycles. The van der Waals surface area contributed by atoms with Gasteiger partial charge in [-0.15, -0.1) is 0 Å². The molecule has 0 radical (unpaired) electrons. The monoisotopic (exact) mass is 275 g/mol. The zero-order valence-corrected chi connectivity index (χ0v) is 12.3. The summed E-state index contributed by atoms with van der Waals surface area (Å²) in [5, 5.41) is 3.39. The van der Waals surface area contributed by atoms with Crippen molar-refractivity contribution in [1.29, 1.82) is 0 Å². The minimum absolute atomic E-state index is 0.122. The highest BCUT2D eigenvalue weighted by molar-refractivity contribution is 5.38. The smallest absolute Gasteiger partial charge is 0.124 e. The first-order valence-electron chi connectivity index (χ1n) is 7.89. The van der Waals surface area contributed by atoms with Gasteiger partial charge in [0, 0.05) is 5.56 Å². The van der Waals surface area contributed by atoms with E-state index in [0.717, 1.165) is 18.3 Å². The van der Waals surface area contributed by atoms with E-state index in [1.165, 1.54) is 37.7 Å². The fraction of sp³-hybridized carbons (Fsp3) is 0.647. The van der Waals surface area contributed by atoms with Gasteiger partial charge >= 0.3 is 0 Å². The zero-order valence-electron chi connectivity index (χ0n) is 12.3. The average Bonchev–Trinajstić information content (AvgIpc) is 2.53. The summed E-state index contributed by atoms with van der Waals surface area (Å²) in [7, 11) is 2.00. The van der Waals surface area contributed by atoms with Crippen molar-refractivity contribution >= 4 is 0 Å². The van der Waals surface area contributed by atoms with Gasteiger partial charge in [-0.2, -0.15) is 0 Å². The van der Waals surface area contributed by atoms with Crippen molar-refractivity contribution in [3.8, 4) is 5.75 Å². The zero-order chi connectivity index (χ0) is 13.8. The molecule has 0 bridgehead atoms. The third-order valence-electron chi connectivity index (χ3n) is 4.61. The number of benzene rings is 1. The Morgan fingerprint density at radius 2 is 2.00 bits per heavy atom. The van der Waals surface area contributed by atoms with Crippen LogP contribution in [0.1, 0.15) is 43.7 Å². The molecule has 0 spiro atoms. The maximum atomic E-state index is 6.20. The highest BCUT2D eigenvalue weighted by atomic mass is 16.5. The SMILES string of the molecule is CNC1c2ccccc2OCC1OCC1CCCCC1. The molecule has 1 N–H and O–H groups in total. The van der Waals surface area contributed by atoms with Crippen LogP contribution >= 0.6 is 0 Å². The van der Waals surface area contributed by atoms with Crippen LogP contribution in [0.4, 0.5) is 0 Å². The lowest BCUT2D eigenvalue weighted by atomic mass is 9.90. The molecule has 0 saturated heterocycles. The molecule has 3 nitrogen and oxygen atoms in total. The van der Waals surface area contributed by atoms with Gasteiger partial charge in [-0.05, 0) is 31.9 Å². The first kappa shape index (κ1) is 13.9. The Labute approximate surface area is 121 Å². The standard InChI is InChI=1S/C17H25NO2/c1-18-17-14-9-5-6-10-15(14)20-12-16(17)19-11-13-7-3-2-4-8-13/h5-6,9-10,13,16-18H,2-4,7-8,11-12H2,1H3. The lowest BCUT2D eigenvalue weighted by Crippen LogP contribution is -2.40. The Morgan fingerprint density at radius 1 is 1.20 bits per heavy atom. The van der Waals surface area contributed by atoms with Gasteiger partial charge in [0.25, 0.3) is 0 Å². The largest absolute Gasteiger partial charge is 0.490 e. The van der Waals surface area contributed by atoms with Crippen molar-refractivity contribution in [2.24, 2.45) is 5.92 Å². The third kappa shape index (κ3) is 2.99. The Morgan fingerprint density at radius 3 is 2.80 bits per heavy atom. The van der Waals surface area contributed by atoms with Crippen molar-refractivity contribution < 1.29 is 9.47 Å². The van der Waals surface area contributed by atoms with Gasteiger partial charge in [-0.1, -0.05) is 37.5 Å². The van der Waals surface area contributed by atoms with Crippen LogP contribution in [0.5, 0.6) is 5.75 Å². The maximum Gasteiger partial charge on any atom is 0.124 e. The summed E-state index contributed by atoms with van der Waals surface area (Å²) in [5.41, 5.74) is 1.22. The summed E-state index contributed by atoms with van der Waals surface area (Å²) in [6.45, 7) is 1.53. The molecule has 1 saturated carbocycles. The van der Waals surface area contributed by atoms with Crippen LogP contribution in [-0.2, 0) is 4.74 Å². The summed E-state index contributed by atoms with van der Waals surface area (Å²) in [5.74, 6) is 1.74. The molecule has 2 unspecified atom stereocenters. The average molecular weight is 275 g/mol. The van der Waals surface area contributed by atoms with Crippen LogP contribution < -0.4 is 10.1 Å². The minimum Gasteiger partial charge on any atom is -0.490 e. The molecule has 1 aliphatic carbocycles. The topological polar surface area (TPSA) is 30.5 Å². The fourth-order valence-electron chi connectivity index (χ4n) is 3.44. The molecular weight excluding hydrogens is 250 g/mol. The van der Waals surface area contributed by atoms with Crippen molar-refractivity contribution in [3.63, 3.8) is 0 Å². The molecule has 110 valence electrons. The molecule has 1 aromatic rings. The van der Waals surface area contributed by atoms with E-state index in [4.69, 9.17) is 9.47 Å². The number of fused-ring (bicyclic) bond motifs is 1. The predicted molar refractivity (Wildman–Crippen MR) is 80.1 cm³/mol. The molecule has 1 aromatic carbocycles. The molecule has 2 atom stereocenters. The van der Waals surface area contributed by atoms with Gasteiger partial charge in [-0.25, -0.2) is 0 Å². The summed E-state index contributed by atoms with van der Waals surface area (Å²) in [6.07, 6.45) is 6.91. The van der Waals surface area contributed by atoms with Crippen LogP contribution in [0.3, 0.4) is 0 Å². The highest BCUT2D eigenvalue weighted by Crippen LogP contribution is 2.33. The Balaban J connectivity index is 1.62. The van der Waals surface area contributed by atoms with Crippen molar-refractivity contribution in [1.82, 2.24) is 5.32 Å². The molecule has 1 heterocycles. The van der Waals surface area contributed by atoms with E-state index in [-0.39, 0.29) is 12.1 Å². The lowest BCUT2D eigenvalue weighted by Gasteiger charge is -2.34. The van der Waals surface area contributed by atoms with Crippen LogP contribution in [0.15, 0.2) is 24.3 Å². The molecule has 20 heavy (non-hydrogen) atoms. The molecule has 0 aromatic heterocycles. The summed E-state index contributed by atoms with van der Waals surface area (Å²) in [4.78, 5) is 0. The van der Waals surface area contributed by atoms with Gasteiger partial charge < -0.3 is 14.8 Å². The van der Waals surface area contributed by atoms with Crippen molar-refractivity contribution in [2.45, 2.75) is 44.2 Å². The predicted octanol–water partition coefficient (Wildman–Crippen LogP) is 3.31. The third-order valence-corrected chi connectivity index (χ3v) is 4.61. The van der Waals surface area contributed by atoms with Gasteiger partial charge in [0.1, 0.15) is 18.5 Å². The maximum absolute atomic E-state index is 6.20. The van der Waals surface area contributed by atoms with Crippen LogP contribution in [0, 0.1) is 5.92 Å². The van der Waals surface area contributed by atoms with E-state index < -0.39 is 0 Å². The summed E-state index contributed by atoms with van der Waals surface area (Å²) >= 11 is 0. The van der Waals surface area contributed by atoms with Crippen LogP contribution in [-0.4, -0.2) is 26.4 Å². The van der Waals surface area contributed by atoms with Gasteiger partial charge in [0.2, 0.25) is 0 Å². The van der Waals surface area contributed by atoms with E-state index in [1.54, 1.807) is 0 Å². The highest BCUT2D eigenvalue weighted by Gasteiger charge is 2.31. The lowest BCUT2D eigenvalue weighted by molar-refractivity contribution is -0.0332. The first-order chi connectivity index (χ1) is 9.88. The number of rotatable bonds is 4. The minimum atomic E-state index is 0.122. The second-order valence-corrected chi connectivity index (χ2v) is 5.99. The van der Waals surface area contributed by atoms with Crippen molar-refractivity contribution in [2.75, 3.05) is 20.3 Å². The second kappa shape index (κ2) is 6.59. The van der Waals surface area contributed by atoms with Crippen LogP contribution in [0.2, 0.25) is 0 Å². The normalized spacial score (nSPS) is 26.9. The number of nitrogens with one attached hydrogen (secondary N) is 1. The van der Waals surface area contributed by atoms with Gasteiger partial charge in [0.05, 0.1) is 12.6 Å². The van der Waals surface area contributed by atoms with Crippen LogP contribution in [0.25, 0.3) is 0 Å². The van der Waals surface area contributed by atoms with Crippen molar-refractivity contribution in [3.05, 3.63) is 29.8 Å². The first-order valence-corrected chi connectivity index (χ1v) is 7.89. The Bertz CT molecular complexity index is 429. The number of hydrogen-bond acceptors (Lipinski definition) is 3. The molecule has 2 aliphatic rings. The quantitative estimate of drug-likeness (QED) is 0.914. The van der Waals surface area contributed by atoms with E-state index in [2.05, 4.69) is 17.4 Å². The fourth-order valence-corrected chi connectivity index (χ4v) is 3.44. The molecule has 3 heteroatoms. The number of hydrogen-bond donors (Lipinski definition) is 1.